The minimum atomic E-state index is -0.220. The van der Waals surface area contributed by atoms with E-state index in [0.717, 1.165) is 16.1 Å². The Balaban J connectivity index is 2.02. The number of aromatic nitrogens is 1. The van der Waals surface area contributed by atoms with E-state index in [1.807, 2.05) is 24.3 Å². The molecule has 0 fully saturated rings. The summed E-state index contributed by atoms with van der Waals surface area (Å²) in [7, 11) is 0. The Hall–Kier alpha value is -3.47. The van der Waals surface area contributed by atoms with Gasteiger partial charge in [-0.15, -0.1) is 11.3 Å². The van der Waals surface area contributed by atoms with Crippen LogP contribution in [0.25, 0.3) is 0 Å². The number of nitrogens with zero attached hydrogens (tertiary/aromatic N) is 2. The Morgan fingerprint density at radius 1 is 1.00 bits per heavy atom. The molecule has 0 radical (unpaired) electrons. The van der Waals surface area contributed by atoms with Crippen molar-refractivity contribution >= 4 is 45.8 Å². The highest BCUT2D eigenvalue weighted by atomic mass is 32.1. The van der Waals surface area contributed by atoms with Crippen molar-refractivity contribution in [1.29, 1.82) is 0 Å². The van der Waals surface area contributed by atoms with Gasteiger partial charge in [0, 0.05) is 31.8 Å². The molecule has 11 heteroatoms. The fourth-order valence-corrected chi connectivity index (χ4v) is 3.77. The molecule has 0 aliphatic rings. The molecule has 0 saturated heterocycles. The SMILES string of the molecule is CC(=O)NCCNC(=O)Cc1sc(NC(C)=O)nc1CCc1ccc(N=C(N)N)cc1. The zero-order chi connectivity index (χ0) is 22.8. The second-order valence-electron chi connectivity index (χ2n) is 6.78. The molecule has 10 nitrogen and oxygen atoms in total. The maximum Gasteiger partial charge on any atom is 0.225 e. The van der Waals surface area contributed by atoms with Crippen LogP contribution < -0.4 is 27.4 Å². The Kier molecular flexibility index (Phi) is 8.94. The highest BCUT2D eigenvalue weighted by Crippen LogP contribution is 2.25. The summed E-state index contributed by atoms with van der Waals surface area (Å²) in [5.41, 5.74) is 13.3. The quantitative estimate of drug-likeness (QED) is 0.204. The third-order valence-corrected chi connectivity index (χ3v) is 5.06. The lowest BCUT2D eigenvalue weighted by atomic mass is 10.1. The van der Waals surface area contributed by atoms with E-state index in [4.69, 9.17) is 11.5 Å². The molecule has 7 N–H and O–H groups in total. The molecule has 2 rings (SSSR count). The lowest BCUT2D eigenvalue weighted by Crippen LogP contribution is -2.34. The summed E-state index contributed by atoms with van der Waals surface area (Å²) >= 11 is 1.29. The zero-order valence-electron chi connectivity index (χ0n) is 17.5. The molecule has 166 valence electrons. The number of thiazole rings is 1. The summed E-state index contributed by atoms with van der Waals surface area (Å²) in [6.07, 6.45) is 1.45. The van der Waals surface area contributed by atoms with Gasteiger partial charge in [0.15, 0.2) is 11.1 Å². The van der Waals surface area contributed by atoms with Gasteiger partial charge in [-0.3, -0.25) is 14.4 Å². The molecule has 3 amide bonds. The smallest absolute Gasteiger partial charge is 0.225 e. The summed E-state index contributed by atoms with van der Waals surface area (Å²) in [6.45, 7) is 3.54. The number of rotatable bonds is 10. The first-order valence-electron chi connectivity index (χ1n) is 9.69. The number of nitrogens with two attached hydrogens (primary N) is 2. The number of carbonyl (C=O) groups excluding carboxylic acids is 3. The number of anilines is 1. The first-order chi connectivity index (χ1) is 14.7. The summed E-state index contributed by atoms with van der Waals surface area (Å²) in [6, 6.07) is 7.50. The van der Waals surface area contributed by atoms with Crippen LogP contribution in [-0.2, 0) is 33.6 Å². The summed E-state index contributed by atoms with van der Waals surface area (Å²) in [5.74, 6) is -0.542. The fraction of sp³-hybridized carbons (Fsp3) is 0.350. The van der Waals surface area contributed by atoms with E-state index in [1.54, 1.807) is 0 Å². The van der Waals surface area contributed by atoms with Gasteiger partial charge in [-0.1, -0.05) is 12.1 Å². The first-order valence-corrected chi connectivity index (χ1v) is 10.5. The maximum absolute atomic E-state index is 12.3. The Morgan fingerprint density at radius 3 is 2.29 bits per heavy atom. The number of amides is 3. The van der Waals surface area contributed by atoms with Crippen LogP contribution in [-0.4, -0.2) is 41.8 Å². The van der Waals surface area contributed by atoms with Gasteiger partial charge in [0.1, 0.15) is 0 Å². The maximum atomic E-state index is 12.3. The van der Waals surface area contributed by atoms with E-state index < -0.39 is 0 Å². The minimum absolute atomic E-state index is 0.000664. The van der Waals surface area contributed by atoms with Gasteiger partial charge < -0.3 is 27.4 Å². The van der Waals surface area contributed by atoms with E-state index >= 15 is 0 Å². The highest BCUT2D eigenvalue weighted by Gasteiger charge is 2.15. The monoisotopic (exact) mass is 445 g/mol. The molecule has 31 heavy (non-hydrogen) atoms. The van der Waals surface area contributed by atoms with E-state index in [2.05, 4.69) is 25.9 Å². The fourth-order valence-electron chi connectivity index (χ4n) is 2.72. The van der Waals surface area contributed by atoms with Crippen LogP contribution in [0.3, 0.4) is 0 Å². The largest absolute Gasteiger partial charge is 0.370 e. The van der Waals surface area contributed by atoms with Crippen molar-refractivity contribution in [2.45, 2.75) is 33.1 Å². The van der Waals surface area contributed by atoms with E-state index in [9.17, 15) is 14.4 Å². The Morgan fingerprint density at radius 2 is 1.68 bits per heavy atom. The normalized spacial score (nSPS) is 10.3. The Labute approximate surface area is 184 Å². The van der Waals surface area contributed by atoms with Crippen LogP contribution in [0.1, 0.15) is 30.0 Å². The summed E-state index contributed by atoms with van der Waals surface area (Å²) in [4.78, 5) is 43.8. The second-order valence-corrected chi connectivity index (χ2v) is 7.87. The van der Waals surface area contributed by atoms with Crippen molar-refractivity contribution in [1.82, 2.24) is 15.6 Å². The van der Waals surface area contributed by atoms with Crippen molar-refractivity contribution in [3.63, 3.8) is 0 Å². The van der Waals surface area contributed by atoms with Gasteiger partial charge in [0.25, 0.3) is 0 Å². The molecule has 1 heterocycles. The number of guanidine groups is 1. The third kappa shape index (κ3) is 8.83. The standard InChI is InChI=1S/C20H27N7O3S/c1-12(28)23-9-10-24-18(30)11-17-16(27-20(31-17)25-13(2)29)8-5-14-3-6-15(7-4-14)26-19(21)22/h3-4,6-7H,5,8-11H2,1-2H3,(H,23,28)(H,24,30)(H4,21,22,26)(H,25,27,29). The summed E-state index contributed by atoms with van der Waals surface area (Å²) < 4.78 is 0. The molecule has 0 bridgehead atoms. The first kappa shape index (κ1) is 23.8. The average Bonchev–Trinajstić information content (AvgIpc) is 3.04. The highest BCUT2D eigenvalue weighted by molar-refractivity contribution is 7.16. The van der Waals surface area contributed by atoms with Crippen LogP contribution in [0.15, 0.2) is 29.3 Å². The summed E-state index contributed by atoms with van der Waals surface area (Å²) in [5, 5.41) is 8.53. The van der Waals surface area contributed by atoms with E-state index in [-0.39, 0.29) is 30.1 Å². The van der Waals surface area contributed by atoms with Crippen LogP contribution in [0, 0.1) is 0 Å². The van der Waals surface area contributed by atoms with Crippen LogP contribution in [0.4, 0.5) is 10.8 Å². The number of nitrogens with one attached hydrogen (secondary N) is 3. The molecule has 1 aromatic heterocycles. The van der Waals surface area contributed by atoms with E-state index in [0.29, 0.717) is 36.8 Å². The molecule has 0 spiro atoms. The third-order valence-electron chi connectivity index (χ3n) is 4.05. The molecule has 0 saturated carbocycles. The molecule has 0 aliphatic carbocycles. The van der Waals surface area contributed by atoms with Gasteiger partial charge in [-0.2, -0.15) is 0 Å². The van der Waals surface area contributed by atoms with Gasteiger partial charge in [0.2, 0.25) is 17.7 Å². The molecule has 0 unspecified atom stereocenters. The topological polar surface area (TPSA) is 165 Å². The molecule has 1 aromatic carbocycles. The van der Waals surface area contributed by atoms with Gasteiger partial charge >= 0.3 is 0 Å². The molecule has 0 aliphatic heterocycles. The predicted molar refractivity (Wildman–Crippen MR) is 121 cm³/mol. The van der Waals surface area contributed by atoms with Crippen LogP contribution in [0.5, 0.6) is 0 Å². The number of benzene rings is 1. The van der Waals surface area contributed by atoms with Gasteiger partial charge in [-0.05, 0) is 30.5 Å². The van der Waals surface area contributed by atoms with Crippen molar-refractivity contribution in [3.8, 4) is 0 Å². The molecular weight excluding hydrogens is 418 g/mol. The lowest BCUT2D eigenvalue weighted by Gasteiger charge is -2.06. The second kappa shape index (κ2) is 11.6. The van der Waals surface area contributed by atoms with Gasteiger partial charge in [0.05, 0.1) is 17.8 Å². The van der Waals surface area contributed by atoms with Crippen molar-refractivity contribution < 1.29 is 14.4 Å². The number of carbonyl (C=O) groups is 3. The number of aryl methyl sites for hydroxylation is 2. The van der Waals surface area contributed by atoms with Crippen molar-refractivity contribution in [2.24, 2.45) is 16.5 Å². The molecule has 0 atom stereocenters. The van der Waals surface area contributed by atoms with Crippen LogP contribution in [0.2, 0.25) is 0 Å². The van der Waals surface area contributed by atoms with Crippen molar-refractivity contribution in [2.75, 3.05) is 18.4 Å². The number of aliphatic imine (C=N–C) groups is 1. The number of hydrogen-bond acceptors (Lipinski definition) is 6. The zero-order valence-corrected chi connectivity index (χ0v) is 18.3. The lowest BCUT2D eigenvalue weighted by molar-refractivity contribution is -0.121. The van der Waals surface area contributed by atoms with Crippen molar-refractivity contribution in [3.05, 3.63) is 40.4 Å². The minimum Gasteiger partial charge on any atom is -0.370 e. The average molecular weight is 446 g/mol. The Bertz CT molecular complexity index is 950. The predicted octanol–water partition coefficient (Wildman–Crippen LogP) is 0.586. The van der Waals surface area contributed by atoms with Gasteiger partial charge in [-0.25, -0.2) is 9.98 Å². The molecular formula is C20H27N7O3S. The van der Waals surface area contributed by atoms with Crippen LogP contribution >= 0.6 is 11.3 Å². The van der Waals surface area contributed by atoms with E-state index in [1.165, 1.54) is 25.2 Å². The molecule has 2 aromatic rings. The number of hydrogen-bond donors (Lipinski definition) is 5.